The fraction of sp³-hybridized carbons (Fsp3) is 0.353. The molecule has 3 rings (SSSR count). The lowest BCUT2D eigenvalue weighted by Crippen LogP contribution is -2.44. The molecule has 1 fully saturated rings. The van der Waals surface area contributed by atoms with Crippen LogP contribution in [0.15, 0.2) is 35.4 Å². The van der Waals surface area contributed by atoms with Gasteiger partial charge in [0.05, 0.1) is 12.4 Å². The van der Waals surface area contributed by atoms with Gasteiger partial charge in [0.2, 0.25) is 0 Å². The number of carbonyl (C=O) groups excluding carboxylic acids is 1. The minimum atomic E-state index is -0.604. The van der Waals surface area contributed by atoms with Crippen LogP contribution in [-0.2, 0) is 6.42 Å². The number of nitrogens with zero attached hydrogens (tertiary/aromatic N) is 1. The van der Waals surface area contributed by atoms with Gasteiger partial charge in [0.1, 0.15) is 17.3 Å². The largest absolute Gasteiger partial charge is 0.350 e. The number of H-pyrrole nitrogens is 1. The van der Waals surface area contributed by atoms with Crippen molar-refractivity contribution >= 4 is 5.91 Å². The van der Waals surface area contributed by atoms with Crippen molar-refractivity contribution in [3.05, 3.63) is 63.8 Å². The summed E-state index contributed by atoms with van der Waals surface area (Å²) in [6, 6.07) is 3.57. The molecule has 1 amide bonds. The average molecular weight is 333 g/mol. The summed E-state index contributed by atoms with van der Waals surface area (Å²) >= 11 is 0. The Morgan fingerprint density at radius 2 is 2.08 bits per heavy atom. The molecular formula is C17H17F2N3O2. The van der Waals surface area contributed by atoms with Gasteiger partial charge in [-0.25, -0.2) is 8.78 Å². The van der Waals surface area contributed by atoms with Gasteiger partial charge in [-0.05, 0) is 36.3 Å². The van der Waals surface area contributed by atoms with E-state index in [0.717, 1.165) is 31.5 Å². The summed E-state index contributed by atoms with van der Waals surface area (Å²) in [5, 5.41) is 2.77. The first-order valence-electron chi connectivity index (χ1n) is 7.74. The highest BCUT2D eigenvalue weighted by molar-refractivity contribution is 5.91. The minimum absolute atomic E-state index is 0.0879. The van der Waals surface area contributed by atoms with E-state index < -0.39 is 23.1 Å². The van der Waals surface area contributed by atoms with E-state index in [4.69, 9.17) is 0 Å². The maximum atomic E-state index is 13.9. The monoisotopic (exact) mass is 333 g/mol. The second-order valence-corrected chi connectivity index (χ2v) is 6.26. The first-order chi connectivity index (χ1) is 11.5. The molecule has 0 spiro atoms. The van der Waals surface area contributed by atoms with Gasteiger partial charge in [-0.1, -0.05) is 12.5 Å². The Kier molecular flexibility index (Phi) is 4.42. The summed E-state index contributed by atoms with van der Waals surface area (Å²) in [6.45, 7) is 0.361. The number of amides is 1. The number of hydrogen-bond donors (Lipinski definition) is 2. The molecule has 5 nitrogen and oxygen atoms in total. The third kappa shape index (κ3) is 3.50. The van der Waals surface area contributed by atoms with E-state index in [9.17, 15) is 18.4 Å². The lowest BCUT2D eigenvalue weighted by Gasteiger charge is -2.42. The van der Waals surface area contributed by atoms with Crippen LogP contribution in [-0.4, -0.2) is 22.4 Å². The number of halogens is 2. The summed E-state index contributed by atoms with van der Waals surface area (Å²) in [6.07, 6.45) is 5.51. The molecule has 24 heavy (non-hydrogen) atoms. The molecule has 126 valence electrons. The van der Waals surface area contributed by atoms with Gasteiger partial charge in [-0.15, -0.1) is 0 Å². The molecule has 0 saturated heterocycles. The third-order valence-corrected chi connectivity index (χ3v) is 4.52. The summed E-state index contributed by atoms with van der Waals surface area (Å²) in [7, 11) is 0. The van der Waals surface area contributed by atoms with Gasteiger partial charge in [-0.3, -0.25) is 14.6 Å². The first kappa shape index (κ1) is 16.3. The van der Waals surface area contributed by atoms with Crippen molar-refractivity contribution in [3.63, 3.8) is 0 Å². The van der Waals surface area contributed by atoms with E-state index in [1.165, 1.54) is 18.3 Å². The number of rotatable bonds is 5. The highest BCUT2D eigenvalue weighted by Gasteiger charge is 2.38. The second kappa shape index (κ2) is 6.51. The zero-order chi connectivity index (χ0) is 17.2. The molecule has 1 aromatic carbocycles. The van der Waals surface area contributed by atoms with Crippen LogP contribution in [0, 0.1) is 17.0 Å². The lowest BCUT2D eigenvalue weighted by atomic mass is 9.65. The first-order valence-corrected chi connectivity index (χ1v) is 7.74. The molecule has 7 heteroatoms. The highest BCUT2D eigenvalue weighted by atomic mass is 19.1. The molecule has 1 aliphatic rings. The van der Waals surface area contributed by atoms with Crippen molar-refractivity contribution < 1.29 is 13.6 Å². The Labute approximate surface area is 137 Å². The molecule has 2 N–H and O–H groups in total. The Morgan fingerprint density at radius 1 is 1.29 bits per heavy atom. The number of carbonyl (C=O) groups is 1. The quantitative estimate of drug-likeness (QED) is 0.881. The molecule has 0 unspecified atom stereocenters. The Hall–Kier alpha value is -2.57. The standard InChI is InChI=1S/C17H17F2N3O2/c18-12-3-2-11(13(19)6-12)7-17(4-1-5-17)10-21-16(24)14-8-20-9-15(23)22-14/h2-3,6,8-9H,1,4-5,7,10H2,(H,21,24)(H,22,23). The van der Waals surface area contributed by atoms with Crippen LogP contribution in [0.2, 0.25) is 0 Å². The van der Waals surface area contributed by atoms with Crippen LogP contribution in [0.1, 0.15) is 35.3 Å². The Bertz CT molecular complexity index is 815. The van der Waals surface area contributed by atoms with Gasteiger partial charge >= 0.3 is 0 Å². The molecular weight excluding hydrogens is 316 g/mol. The molecule has 1 heterocycles. The SMILES string of the molecule is O=C(NCC1(Cc2ccc(F)cc2F)CCC1)c1cncc(=O)[nH]1. The van der Waals surface area contributed by atoms with Crippen LogP contribution in [0.4, 0.5) is 8.78 Å². The predicted octanol–water partition coefficient (Wildman–Crippen LogP) is 2.19. The van der Waals surface area contributed by atoms with E-state index in [1.807, 2.05) is 0 Å². The van der Waals surface area contributed by atoms with Gasteiger partial charge in [-0.2, -0.15) is 0 Å². The van der Waals surface area contributed by atoms with Crippen molar-refractivity contribution in [1.82, 2.24) is 15.3 Å². The summed E-state index contributed by atoms with van der Waals surface area (Å²) in [5.41, 5.74) is -0.156. The highest BCUT2D eigenvalue weighted by Crippen LogP contribution is 2.43. The molecule has 0 aliphatic heterocycles. The number of aromatic nitrogens is 2. The Morgan fingerprint density at radius 3 is 2.71 bits per heavy atom. The van der Waals surface area contributed by atoms with Crippen molar-refractivity contribution in [2.45, 2.75) is 25.7 Å². The normalized spacial score (nSPS) is 15.6. The van der Waals surface area contributed by atoms with Crippen LogP contribution in [0.25, 0.3) is 0 Å². The van der Waals surface area contributed by atoms with Crippen molar-refractivity contribution in [3.8, 4) is 0 Å². The zero-order valence-electron chi connectivity index (χ0n) is 12.9. The van der Waals surface area contributed by atoms with Crippen LogP contribution < -0.4 is 10.9 Å². The molecule has 1 aromatic heterocycles. The molecule has 2 aromatic rings. The van der Waals surface area contributed by atoms with Crippen LogP contribution in [0.3, 0.4) is 0 Å². The molecule has 1 saturated carbocycles. The van der Waals surface area contributed by atoms with Gasteiger partial charge in [0.15, 0.2) is 0 Å². The van der Waals surface area contributed by atoms with E-state index in [2.05, 4.69) is 15.3 Å². The van der Waals surface area contributed by atoms with Gasteiger partial charge in [0, 0.05) is 12.6 Å². The molecule has 0 radical (unpaired) electrons. The average Bonchev–Trinajstić information content (AvgIpc) is 2.51. The maximum absolute atomic E-state index is 13.9. The van der Waals surface area contributed by atoms with Crippen molar-refractivity contribution in [2.24, 2.45) is 5.41 Å². The number of nitrogens with one attached hydrogen (secondary N) is 2. The van der Waals surface area contributed by atoms with Gasteiger partial charge in [0.25, 0.3) is 11.5 Å². The predicted molar refractivity (Wildman–Crippen MR) is 83.5 cm³/mol. The fourth-order valence-corrected chi connectivity index (χ4v) is 3.02. The van der Waals surface area contributed by atoms with E-state index in [0.29, 0.717) is 18.5 Å². The van der Waals surface area contributed by atoms with E-state index in [1.54, 1.807) is 0 Å². The van der Waals surface area contributed by atoms with Crippen molar-refractivity contribution in [2.75, 3.05) is 6.54 Å². The Balaban J connectivity index is 1.67. The molecule has 0 bridgehead atoms. The fourth-order valence-electron chi connectivity index (χ4n) is 3.02. The van der Waals surface area contributed by atoms with Crippen LogP contribution >= 0.6 is 0 Å². The zero-order valence-corrected chi connectivity index (χ0v) is 12.9. The summed E-state index contributed by atoms with van der Waals surface area (Å²) in [5.74, 6) is -1.59. The smallest absolute Gasteiger partial charge is 0.269 e. The molecule has 0 atom stereocenters. The third-order valence-electron chi connectivity index (χ3n) is 4.52. The second-order valence-electron chi connectivity index (χ2n) is 6.26. The number of aromatic amines is 1. The summed E-state index contributed by atoms with van der Waals surface area (Å²) < 4.78 is 26.9. The summed E-state index contributed by atoms with van der Waals surface area (Å²) in [4.78, 5) is 29.4. The van der Waals surface area contributed by atoms with Crippen LogP contribution in [0.5, 0.6) is 0 Å². The topological polar surface area (TPSA) is 74.8 Å². The van der Waals surface area contributed by atoms with E-state index in [-0.39, 0.29) is 11.1 Å². The lowest BCUT2D eigenvalue weighted by molar-refractivity contribution is 0.0852. The number of benzene rings is 1. The number of hydrogen-bond acceptors (Lipinski definition) is 3. The molecule has 1 aliphatic carbocycles. The van der Waals surface area contributed by atoms with E-state index >= 15 is 0 Å². The van der Waals surface area contributed by atoms with Crippen molar-refractivity contribution in [1.29, 1.82) is 0 Å². The minimum Gasteiger partial charge on any atom is -0.350 e. The van der Waals surface area contributed by atoms with Gasteiger partial charge < -0.3 is 10.3 Å². The maximum Gasteiger partial charge on any atom is 0.269 e.